The van der Waals surface area contributed by atoms with E-state index in [1.807, 2.05) is 42.5 Å². The second-order valence-corrected chi connectivity index (χ2v) is 6.48. The fourth-order valence-electron chi connectivity index (χ4n) is 2.87. The van der Waals surface area contributed by atoms with E-state index in [-0.39, 0.29) is 12.1 Å². The molecular formula is C14H11NO2S. The van der Waals surface area contributed by atoms with E-state index in [4.69, 9.17) is 0 Å². The highest BCUT2D eigenvalue weighted by Gasteiger charge is 2.63. The van der Waals surface area contributed by atoms with Crippen LogP contribution >= 0.6 is 0 Å². The van der Waals surface area contributed by atoms with Crippen LogP contribution in [0.15, 0.2) is 59.5 Å². The van der Waals surface area contributed by atoms with Gasteiger partial charge in [0.25, 0.3) is 0 Å². The zero-order valence-electron chi connectivity index (χ0n) is 9.52. The normalized spacial score (nSPS) is 30.6. The summed E-state index contributed by atoms with van der Waals surface area (Å²) in [5.41, 5.74) is 2.01. The van der Waals surface area contributed by atoms with Crippen LogP contribution in [-0.4, -0.2) is 12.7 Å². The predicted molar refractivity (Wildman–Crippen MR) is 67.4 cm³/mol. The van der Waals surface area contributed by atoms with Crippen LogP contribution in [0.25, 0.3) is 0 Å². The fourth-order valence-corrected chi connectivity index (χ4v) is 4.84. The molecule has 0 aromatic heterocycles. The van der Waals surface area contributed by atoms with Crippen LogP contribution in [0, 0.1) is 0 Å². The lowest BCUT2D eigenvalue weighted by molar-refractivity contribution is 0.556. The molecule has 4 heteroatoms. The highest BCUT2D eigenvalue weighted by Crippen LogP contribution is 2.63. The Kier molecular flexibility index (Phi) is 1.84. The molecule has 2 aliphatic rings. The van der Waals surface area contributed by atoms with Gasteiger partial charge in [0, 0.05) is 0 Å². The highest BCUT2D eigenvalue weighted by molar-refractivity contribution is 7.89. The van der Waals surface area contributed by atoms with Crippen LogP contribution in [0.4, 0.5) is 0 Å². The van der Waals surface area contributed by atoms with Crippen molar-refractivity contribution in [2.24, 2.45) is 0 Å². The molecule has 0 radical (unpaired) electrons. The van der Waals surface area contributed by atoms with E-state index in [0.29, 0.717) is 4.90 Å². The lowest BCUT2D eigenvalue weighted by Crippen LogP contribution is -2.09. The lowest BCUT2D eigenvalue weighted by Gasteiger charge is -2.06. The molecule has 2 heterocycles. The molecule has 2 aromatic rings. The molecule has 1 unspecified atom stereocenters. The van der Waals surface area contributed by atoms with Crippen molar-refractivity contribution >= 4 is 10.0 Å². The molecule has 90 valence electrons. The number of rotatable bonds is 1. The summed E-state index contributed by atoms with van der Waals surface area (Å²) in [4.78, 5) is 0.474. The van der Waals surface area contributed by atoms with Crippen LogP contribution in [0.1, 0.15) is 23.2 Å². The Labute approximate surface area is 106 Å². The minimum atomic E-state index is -3.27. The monoisotopic (exact) mass is 257 g/mol. The molecule has 0 spiro atoms. The largest absolute Gasteiger partial charge is 0.244 e. The molecule has 0 N–H and O–H groups in total. The van der Waals surface area contributed by atoms with Gasteiger partial charge >= 0.3 is 0 Å². The molecule has 2 aromatic carbocycles. The summed E-state index contributed by atoms with van der Waals surface area (Å²) in [5, 5.41) is 0. The fraction of sp³-hybridized carbons (Fsp3) is 0.143. The molecule has 2 aliphatic heterocycles. The summed E-state index contributed by atoms with van der Waals surface area (Å²) in [5.74, 6) is 0. The number of hydrogen-bond acceptors (Lipinski definition) is 2. The molecule has 0 amide bonds. The van der Waals surface area contributed by atoms with Gasteiger partial charge in [0.1, 0.15) is 0 Å². The zero-order valence-corrected chi connectivity index (χ0v) is 10.3. The first-order chi connectivity index (χ1) is 8.71. The maximum absolute atomic E-state index is 12.3. The summed E-state index contributed by atoms with van der Waals surface area (Å²) in [7, 11) is -3.27. The second kappa shape index (κ2) is 3.22. The van der Waals surface area contributed by atoms with Crippen molar-refractivity contribution in [3.8, 4) is 0 Å². The topological polar surface area (TPSA) is 37.1 Å². The van der Waals surface area contributed by atoms with Gasteiger partial charge in [-0.15, -0.1) is 0 Å². The van der Waals surface area contributed by atoms with Crippen molar-refractivity contribution in [3.05, 3.63) is 65.7 Å². The van der Waals surface area contributed by atoms with E-state index in [0.717, 1.165) is 11.1 Å². The third-order valence-electron chi connectivity index (χ3n) is 3.69. The van der Waals surface area contributed by atoms with Crippen molar-refractivity contribution in [1.82, 2.24) is 4.31 Å². The van der Waals surface area contributed by atoms with Crippen LogP contribution in [0.3, 0.4) is 0 Å². The Balaban J connectivity index is 1.86. The zero-order chi connectivity index (χ0) is 12.3. The van der Waals surface area contributed by atoms with E-state index in [2.05, 4.69) is 0 Å². The Bertz CT molecular complexity index is 720. The van der Waals surface area contributed by atoms with Crippen molar-refractivity contribution in [3.63, 3.8) is 0 Å². The van der Waals surface area contributed by atoms with E-state index < -0.39 is 10.0 Å². The molecule has 3 atom stereocenters. The van der Waals surface area contributed by atoms with Crippen LogP contribution in [0.5, 0.6) is 0 Å². The number of hydrogen-bond donors (Lipinski definition) is 0. The third kappa shape index (κ3) is 1.14. The molecule has 0 saturated carbocycles. The van der Waals surface area contributed by atoms with Gasteiger partial charge in [-0.05, 0) is 17.2 Å². The molecule has 3 nitrogen and oxygen atoms in total. The highest BCUT2D eigenvalue weighted by atomic mass is 32.2. The van der Waals surface area contributed by atoms with Gasteiger partial charge in [-0.3, -0.25) is 0 Å². The Morgan fingerprint density at radius 1 is 0.833 bits per heavy atom. The van der Waals surface area contributed by atoms with E-state index in [1.165, 1.54) is 0 Å². The van der Waals surface area contributed by atoms with Gasteiger partial charge in [-0.25, -0.2) is 8.42 Å². The average Bonchev–Trinajstić information content (AvgIpc) is 3.11. The average molecular weight is 257 g/mol. The molecule has 1 fully saturated rings. The van der Waals surface area contributed by atoms with Crippen molar-refractivity contribution < 1.29 is 8.42 Å². The summed E-state index contributed by atoms with van der Waals surface area (Å²) >= 11 is 0. The van der Waals surface area contributed by atoms with Crippen molar-refractivity contribution in [2.75, 3.05) is 0 Å². The Hall–Kier alpha value is -1.65. The first-order valence-electron chi connectivity index (χ1n) is 5.89. The van der Waals surface area contributed by atoms with Crippen LogP contribution in [-0.2, 0) is 10.0 Å². The minimum absolute atomic E-state index is 0.00796. The molecule has 0 aliphatic carbocycles. The predicted octanol–water partition coefficient (Wildman–Crippen LogP) is 2.49. The Morgan fingerprint density at radius 3 is 2.28 bits per heavy atom. The SMILES string of the molecule is O=S1(=O)c2ccccc2[C@H]2[C@H](c3ccccc3)N21. The standard InChI is InChI=1S/C14H11NO2S/c16-18(17)12-9-5-4-8-11(12)14-13(15(14)18)10-6-2-1-3-7-10/h1-9,13-14H/t13-,14-,15?/m0/s1. The van der Waals surface area contributed by atoms with Gasteiger partial charge in [0.05, 0.1) is 17.0 Å². The minimum Gasteiger partial charge on any atom is -0.207 e. The van der Waals surface area contributed by atoms with Crippen LogP contribution in [0.2, 0.25) is 0 Å². The second-order valence-electron chi connectivity index (χ2n) is 4.67. The first-order valence-corrected chi connectivity index (χ1v) is 7.33. The van der Waals surface area contributed by atoms with E-state index >= 15 is 0 Å². The van der Waals surface area contributed by atoms with Crippen molar-refractivity contribution in [1.29, 1.82) is 0 Å². The smallest absolute Gasteiger partial charge is 0.207 e. The van der Waals surface area contributed by atoms with Gasteiger partial charge in [0.2, 0.25) is 10.0 Å². The summed E-state index contributed by atoms with van der Waals surface area (Å²) in [6.45, 7) is 0. The molecule has 1 saturated heterocycles. The van der Waals surface area contributed by atoms with Crippen molar-refractivity contribution in [2.45, 2.75) is 17.0 Å². The Morgan fingerprint density at radius 2 is 1.50 bits per heavy atom. The maximum atomic E-state index is 12.3. The lowest BCUT2D eigenvalue weighted by atomic mass is 10.0. The number of fused-ring (bicyclic) bond motifs is 3. The number of nitrogens with zero attached hydrogens (tertiary/aromatic N) is 1. The molecule has 0 bridgehead atoms. The number of sulfonamides is 1. The third-order valence-corrected chi connectivity index (χ3v) is 5.63. The number of benzene rings is 2. The molecule has 4 rings (SSSR count). The summed E-state index contributed by atoms with van der Waals surface area (Å²) in [6.07, 6.45) is 0. The quantitative estimate of drug-likeness (QED) is 0.736. The molecule has 18 heavy (non-hydrogen) atoms. The van der Waals surface area contributed by atoms with E-state index in [9.17, 15) is 8.42 Å². The molecular weight excluding hydrogens is 246 g/mol. The summed E-state index contributed by atoms with van der Waals surface area (Å²) in [6, 6.07) is 17.1. The van der Waals surface area contributed by atoms with Crippen LogP contribution < -0.4 is 0 Å². The van der Waals surface area contributed by atoms with Gasteiger partial charge < -0.3 is 0 Å². The first kappa shape index (κ1) is 10.3. The summed E-state index contributed by atoms with van der Waals surface area (Å²) < 4.78 is 26.3. The van der Waals surface area contributed by atoms with Gasteiger partial charge in [0.15, 0.2) is 0 Å². The maximum Gasteiger partial charge on any atom is 0.244 e. The van der Waals surface area contributed by atoms with E-state index in [1.54, 1.807) is 16.4 Å². The van der Waals surface area contributed by atoms with Gasteiger partial charge in [-0.1, -0.05) is 48.5 Å². The van der Waals surface area contributed by atoms with Gasteiger partial charge in [-0.2, -0.15) is 4.31 Å².